The summed E-state index contributed by atoms with van der Waals surface area (Å²) < 4.78 is 0. The topological polar surface area (TPSA) is 55.9 Å². The molecule has 3 amide bonds. The molecule has 26 heavy (non-hydrogen) atoms. The first-order valence-corrected chi connectivity index (χ1v) is 10.6. The molecule has 1 aliphatic carbocycles. The van der Waals surface area contributed by atoms with Gasteiger partial charge in [0.2, 0.25) is 5.91 Å². The highest BCUT2D eigenvalue weighted by Crippen LogP contribution is 2.32. The Hall–Kier alpha value is -1.30. The monoisotopic (exact) mass is 364 g/mol. The third kappa shape index (κ3) is 4.33. The summed E-state index contributed by atoms with van der Waals surface area (Å²) in [5.74, 6) is 0.916. The van der Waals surface area contributed by atoms with Gasteiger partial charge in [-0.05, 0) is 45.6 Å². The van der Waals surface area contributed by atoms with Gasteiger partial charge in [-0.2, -0.15) is 0 Å². The molecular formula is C20H36N4O2. The van der Waals surface area contributed by atoms with Gasteiger partial charge in [0.15, 0.2) is 0 Å². The van der Waals surface area contributed by atoms with Crippen molar-refractivity contribution in [1.82, 2.24) is 20.0 Å². The minimum absolute atomic E-state index is 0.0555. The maximum absolute atomic E-state index is 12.8. The van der Waals surface area contributed by atoms with Crippen LogP contribution in [0.25, 0.3) is 0 Å². The Morgan fingerprint density at radius 3 is 2.65 bits per heavy atom. The lowest BCUT2D eigenvalue weighted by Crippen LogP contribution is -2.63. The number of nitrogens with one attached hydrogen (secondary N) is 1. The molecule has 3 rings (SSSR count). The smallest absolute Gasteiger partial charge is 0.317 e. The number of carbonyl (C=O) groups is 2. The highest BCUT2D eigenvalue weighted by molar-refractivity contribution is 5.77. The zero-order valence-electron chi connectivity index (χ0n) is 16.6. The fraction of sp³-hybridized carbons (Fsp3) is 0.900. The van der Waals surface area contributed by atoms with E-state index in [0.29, 0.717) is 12.3 Å². The van der Waals surface area contributed by atoms with Crippen molar-refractivity contribution in [1.29, 1.82) is 0 Å². The SMILES string of the molecule is CCN1CC[C@@]2(CCC1=O)CN(C(=O)NCC1CCCCC1)CCN2C. The zero-order chi connectivity index (χ0) is 18.6. The van der Waals surface area contributed by atoms with Gasteiger partial charge < -0.3 is 15.1 Å². The Balaban J connectivity index is 1.58. The van der Waals surface area contributed by atoms with Crippen molar-refractivity contribution in [3.05, 3.63) is 0 Å². The van der Waals surface area contributed by atoms with Crippen molar-refractivity contribution in [2.45, 2.75) is 63.8 Å². The van der Waals surface area contributed by atoms with Crippen LogP contribution in [-0.2, 0) is 4.79 Å². The van der Waals surface area contributed by atoms with E-state index < -0.39 is 0 Å². The van der Waals surface area contributed by atoms with Crippen molar-refractivity contribution in [2.24, 2.45) is 5.92 Å². The highest BCUT2D eigenvalue weighted by Gasteiger charge is 2.43. The normalized spacial score (nSPS) is 29.1. The van der Waals surface area contributed by atoms with E-state index >= 15 is 0 Å². The number of amides is 3. The predicted octanol–water partition coefficient (Wildman–Crippen LogP) is 2.29. The van der Waals surface area contributed by atoms with Gasteiger partial charge in [-0.25, -0.2) is 4.79 Å². The van der Waals surface area contributed by atoms with Crippen LogP contribution in [0.5, 0.6) is 0 Å². The van der Waals surface area contributed by atoms with E-state index in [-0.39, 0.29) is 17.5 Å². The lowest BCUT2D eigenvalue weighted by Gasteiger charge is -2.49. The summed E-state index contributed by atoms with van der Waals surface area (Å²) in [6.45, 7) is 6.86. The number of hydrogen-bond donors (Lipinski definition) is 1. The molecule has 0 unspecified atom stereocenters. The maximum Gasteiger partial charge on any atom is 0.317 e. The van der Waals surface area contributed by atoms with Crippen LogP contribution in [0, 0.1) is 5.92 Å². The minimum atomic E-state index is -0.0555. The lowest BCUT2D eigenvalue weighted by atomic mass is 9.86. The van der Waals surface area contributed by atoms with E-state index in [9.17, 15) is 9.59 Å². The molecule has 6 nitrogen and oxygen atoms in total. The Labute approximate surface area is 158 Å². The molecule has 1 saturated carbocycles. The van der Waals surface area contributed by atoms with E-state index in [4.69, 9.17) is 0 Å². The molecule has 2 aliphatic heterocycles. The molecule has 0 radical (unpaired) electrons. The summed E-state index contributed by atoms with van der Waals surface area (Å²) in [5.41, 5.74) is -0.0555. The number of likely N-dealkylation sites (N-methyl/N-ethyl adjacent to an activating group) is 1. The standard InChI is InChI=1S/C20H36N4O2/c1-3-23-12-11-20(10-9-18(23)25)16-24(14-13-22(20)2)19(26)21-15-17-7-5-4-6-8-17/h17H,3-16H2,1-2H3,(H,21,26)/t20-/m0/s1. The number of carbonyl (C=O) groups excluding carboxylic acids is 2. The Morgan fingerprint density at radius 2 is 1.92 bits per heavy atom. The molecule has 6 heteroatoms. The van der Waals surface area contributed by atoms with Crippen molar-refractivity contribution >= 4 is 11.9 Å². The average molecular weight is 365 g/mol. The summed E-state index contributed by atoms with van der Waals surface area (Å²) in [6.07, 6.45) is 8.86. The van der Waals surface area contributed by atoms with Crippen molar-refractivity contribution < 1.29 is 9.59 Å². The van der Waals surface area contributed by atoms with E-state index in [1.807, 2.05) is 16.7 Å². The van der Waals surface area contributed by atoms with Crippen LogP contribution in [0.3, 0.4) is 0 Å². The second kappa shape index (κ2) is 8.59. The Morgan fingerprint density at radius 1 is 1.15 bits per heavy atom. The maximum atomic E-state index is 12.8. The van der Waals surface area contributed by atoms with Crippen LogP contribution in [0.4, 0.5) is 4.79 Å². The van der Waals surface area contributed by atoms with Crippen molar-refractivity contribution in [3.63, 3.8) is 0 Å². The first-order valence-electron chi connectivity index (χ1n) is 10.6. The Kier molecular flexibility index (Phi) is 6.43. The molecule has 1 spiro atoms. The molecule has 0 aromatic rings. The fourth-order valence-electron chi connectivity index (χ4n) is 4.94. The summed E-state index contributed by atoms with van der Waals surface area (Å²) >= 11 is 0. The third-order valence-electron chi connectivity index (χ3n) is 6.94. The van der Waals surface area contributed by atoms with E-state index in [1.165, 1.54) is 32.1 Å². The van der Waals surface area contributed by atoms with Crippen LogP contribution in [0.15, 0.2) is 0 Å². The quantitative estimate of drug-likeness (QED) is 0.836. The molecule has 2 heterocycles. The number of nitrogens with zero attached hydrogens (tertiary/aromatic N) is 3. The van der Waals surface area contributed by atoms with Gasteiger partial charge >= 0.3 is 6.03 Å². The summed E-state index contributed by atoms with van der Waals surface area (Å²) in [6, 6.07) is 0.0889. The van der Waals surface area contributed by atoms with Gasteiger partial charge in [-0.1, -0.05) is 19.3 Å². The highest BCUT2D eigenvalue weighted by atomic mass is 16.2. The van der Waals surface area contributed by atoms with Crippen LogP contribution in [-0.4, -0.2) is 78.5 Å². The molecule has 3 aliphatic rings. The molecule has 2 saturated heterocycles. The van der Waals surface area contributed by atoms with E-state index in [1.54, 1.807) is 0 Å². The Bertz CT molecular complexity index is 506. The van der Waals surface area contributed by atoms with E-state index in [2.05, 4.69) is 17.3 Å². The van der Waals surface area contributed by atoms with Crippen molar-refractivity contribution in [3.8, 4) is 0 Å². The molecule has 1 N–H and O–H groups in total. The first kappa shape index (κ1) is 19.5. The molecule has 0 aromatic heterocycles. The van der Waals surface area contributed by atoms with Crippen LogP contribution >= 0.6 is 0 Å². The zero-order valence-corrected chi connectivity index (χ0v) is 16.6. The van der Waals surface area contributed by atoms with Crippen LogP contribution in [0.1, 0.15) is 58.3 Å². The fourth-order valence-corrected chi connectivity index (χ4v) is 4.94. The molecule has 0 aromatic carbocycles. The van der Waals surface area contributed by atoms with Crippen LogP contribution in [0.2, 0.25) is 0 Å². The van der Waals surface area contributed by atoms with Gasteiger partial charge in [0.1, 0.15) is 0 Å². The van der Waals surface area contributed by atoms with Gasteiger partial charge in [-0.15, -0.1) is 0 Å². The minimum Gasteiger partial charge on any atom is -0.343 e. The van der Waals surface area contributed by atoms with Gasteiger partial charge in [0.25, 0.3) is 0 Å². The first-order chi connectivity index (χ1) is 12.5. The summed E-state index contributed by atoms with van der Waals surface area (Å²) in [4.78, 5) is 31.4. The number of likely N-dealkylation sites (tertiary alicyclic amines) is 1. The van der Waals surface area contributed by atoms with Gasteiger partial charge in [-0.3, -0.25) is 9.69 Å². The largest absolute Gasteiger partial charge is 0.343 e. The van der Waals surface area contributed by atoms with Crippen molar-refractivity contribution in [2.75, 3.05) is 46.3 Å². The molecule has 1 atom stereocenters. The summed E-state index contributed by atoms with van der Waals surface area (Å²) in [5, 5.41) is 3.19. The molecule has 0 bridgehead atoms. The lowest BCUT2D eigenvalue weighted by molar-refractivity contribution is -0.130. The second-order valence-corrected chi connectivity index (χ2v) is 8.48. The third-order valence-corrected chi connectivity index (χ3v) is 6.94. The predicted molar refractivity (Wildman–Crippen MR) is 103 cm³/mol. The second-order valence-electron chi connectivity index (χ2n) is 8.48. The van der Waals surface area contributed by atoms with Gasteiger partial charge in [0, 0.05) is 51.2 Å². The molecular weight excluding hydrogens is 328 g/mol. The number of rotatable bonds is 3. The number of piperazine rings is 1. The average Bonchev–Trinajstić information content (AvgIpc) is 2.82. The number of urea groups is 1. The van der Waals surface area contributed by atoms with Crippen LogP contribution < -0.4 is 5.32 Å². The number of hydrogen-bond acceptors (Lipinski definition) is 3. The molecule has 3 fully saturated rings. The van der Waals surface area contributed by atoms with E-state index in [0.717, 1.165) is 52.1 Å². The van der Waals surface area contributed by atoms with Gasteiger partial charge in [0.05, 0.1) is 0 Å². The summed E-state index contributed by atoms with van der Waals surface area (Å²) in [7, 11) is 2.16. The molecule has 148 valence electrons.